The topological polar surface area (TPSA) is 74.6 Å². The number of aliphatic carboxylic acids is 2. The summed E-state index contributed by atoms with van der Waals surface area (Å²) in [6.07, 6.45) is 9.37. The minimum absolute atomic E-state index is 0.184. The van der Waals surface area contributed by atoms with Gasteiger partial charge in [0.15, 0.2) is 0 Å². The average Bonchev–Trinajstić information content (AvgIpc) is 2.40. The molecule has 0 saturated carbocycles. The molecular formula is C16H30O4. The zero-order valence-corrected chi connectivity index (χ0v) is 12.9. The van der Waals surface area contributed by atoms with Gasteiger partial charge in [0.25, 0.3) is 0 Å². The van der Waals surface area contributed by atoms with Crippen molar-refractivity contribution in [2.45, 2.75) is 78.1 Å². The van der Waals surface area contributed by atoms with Crippen LogP contribution in [0.5, 0.6) is 0 Å². The van der Waals surface area contributed by atoms with Crippen LogP contribution in [-0.2, 0) is 9.59 Å². The largest absolute Gasteiger partial charge is 0.481 e. The van der Waals surface area contributed by atoms with Crippen LogP contribution in [0.15, 0.2) is 0 Å². The number of carbonyl (C=O) groups is 2. The first kappa shape index (κ1) is 18.9. The molecule has 0 aromatic rings. The van der Waals surface area contributed by atoms with Crippen molar-refractivity contribution < 1.29 is 19.8 Å². The first-order chi connectivity index (χ1) is 9.52. The lowest BCUT2D eigenvalue weighted by Crippen LogP contribution is -2.12. The predicted molar refractivity (Wildman–Crippen MR) is 79.8 cm³/mol. The van der Waals surface area contributed by atoms with Gasteiger partial charge in [0.2, 0.25) is 0 Å². The highest BCUT2D eigenvalue weighted by atomic mass is 16.4. The molecule has 20 heavy (non-hydrogen) atoms. The molecule has 0 fully saturated rings. The highest BCUT2D eigenvalue weighted by molar-refractivity contribution is 5.70. The molecule has 0 heterocycles. The third kappa shape index (κ3) is 8.94. The van der Waals surface area contributed by atoms with Crippen molar-refractivity contribution in [3.8, 4) is 0 Å². The fourth-order valence-electron chi connectivity index (χ4n) is 2.49. The van der Waals surface area contributed by atoms with Crippen LogP contribution in [0.4, 0.5) is 0 Å². The lowest BCUT2D eigenvalue weighted by atomic mass is 9.96. The summed E-state index contributed by atoms with van der Waals surface area (Å²) in [5, 5.41) is 17.8. The van der Waals surface area contributed by atoms with Gasteiger partial charge in [0, 0.05) is 0 Å². The highest BCUT2D eigenvalue weighted by Gasteiger charge is 2.14. The predicted octanol–water partition coefficient (Wildman–Crippen LogP) is 4.33. The smallest absolute Gasteiger partial charge is 0.306 e. The molecule has 0 aliphatic heterocycles. The first-order valence-electron chi connectivity index (χ1n) is 7.98. The van der Waals surface area contributed by atoms with Crippen molar-refractivity contribution in [3.05, 3.63) is 0 Å². The van der Waals surface area contributed by atoms with Gasteiger partial charge in [-0.3, -0.25) is 9.59 Å². The molecule has 2 N–H and O–H groups in total. The third-order valence-corrected chi connectivity index (χ3v) is 4.04. The van der Waals surface area contributed by atoms with Crippen LogP contribution in [-0.4, -0.2) is 22.2 Å². The van der Waals surface area contributed by atoms with E-state index in [0.717, 1.165) is 51.4 Å². The lowest BCUT2D eigenvalue weighted by Gasteiger charge is -2.10. The summed E-state index contributed by atoms with van der Waals surface area (Å²) in [6.45, 7) is 3.84. The van der Waals surface area contributed by atoms with E-state index >= 15 is 0 Å². The number of hydrogen-bond acceptors (Lipinski definition) is 2. The van der Waals surface area contributed by atoms with Crippen molar-refractivity contribution >= 4 is 11.9 Å². The molecule has 2 unspecified atom stereocenters. The number of unbranched alkanes of at least 4 members (excludes halogenated alkanes) is 5. The summed E-state index contributed by atoms with van der Waals surface area (Å²) in [4.78, 5) is 21.7. The van der Waals surface area contributed by atoms with Gasteiger partial charge in [0.1, 0.15) is 0 Å². The van der Waals surface area contributed by atoms with Gasteiger partial charge in [-0.1, -0.05) is 52.4 Å². The van der Waals surface area contributed by atoms with E-state index in [4.69, 9.17) is 10.2 Å². The van der Waals surface area contributed by atoms with Crippen LogP contribution in [0.25, 0.3) is 0 Å². The molecule has 0 rings (SSSR count). The van der Waals surface area contributed by atoms with E-state index in [1.807, 2.05) is 13.8 Å². The van der Waals surface area contributed by atoms with Gasteiger partial charge in [-0.25, -0.2) is 0 Å². The molecule has 0 aromatic carbocycles. The van der Waals surface area contributed by atoms with Gasteiger partial charge in [-0.2, -0.15) is 0 Å². The van der Waals surface area contributed by atoms with Crippen LogP contribution >= 0.6 is 0 Å². The summed E-state index contributed by atoms with van der Waals surface area (Å²) < 4.78 is 0. The Balaban J connectivity index is 3.45. The second kappa shape index (κ2) is 11.7. The second-order valence-electron chi connectivity index (χ2n) is 5.59. The molecule has 0 spiro atoms. The van der Waals surface area contributed by atoms with E-state index in [0.29, 0.717) is 12.8 Å². The molecule has 4 nitrogen and oxygen atoms in total. The Kier molecular flexibility index (Phi) is 11.1. The molecule has 0 radical (unpaired) electrons. The van der Waals surface area contributed by atoms with E-state index in [1.165, 1.54) is 0 Å². The van der Waals surface area contributed by atoms with Crippen LogP contribution in [0, 0.1) is 11.8 Å². The third-order valence-electron chi connectivity index (χ3n) is 4.04. The monoisotopic (exact) mass is 286 g/mol. The number of carboxylic acids is 2. The average molecular weight is 286 g/mol. The van der Waals surface area contributed by atoms with Crippen LogP contribution in [0.3, 0.4) is 0 Å². The molecule has 0 amide bonds. The first-order valence-corrected chi connectivity index (χ1v) is 7.98. The Morgan fingerprint density at radius 3 is 1.25 bits per heavy atom. The Morgan fingerprint density at radius 1 is 0.700 bits per heavy atom. The Bertz CT molecular complexity index is 248. The maximum absolute atomic E-state index is 10.8. The van der Waals surface area contributed by atoms with Crippen LogP contribution in [0.1, 0.15) is 78.1 Å². The van der Waals surface area contributed by atoms with Crippen molar-refractivity contribution in [1.29, 1.82) is 0 Å². The number of carboxylic acid groups (broad SMARTS) is 2. The molecule has 0 aliphatic rings. The number of rotatable bonds is 13. The van der Waals surface area contributed by atoms with Gasteiger partial charge in [0.05, 0.1) is 11.8 Å². The van der Waals surface area contributed by atoms with Crippen LogP contribution < -0.4 is 0 Å². The fraction of sp³-hybridized carbons (Fsp3) is 0.875. The molecule has 2 atom stereocenters. The second-order valence-corrected chi connectivity index (χ2v) is 5.59. The van der Waals surface area contributed by atoms with E-state index in [-0.39, 0.29) is 11.8 Å². The van der Waals surface area contributed by atoms with Crippen molar-refractivity contribution in [2.75, 3.05) is 0 Å². The van der Waals surface area contributed by atoms with E-state index in [9.17, 15) is 9.59 Å². The van der Waals surface area contributed by atoms with Crippen molar-refractivity contribution in [3.63, 3.8) is 0 Å². The summed E-state index contributed by atoms with van der Waals surface area (Å²) in [6, 6.07) is 0. The molecule has 0 aromatic heterocycles. The van der Waals surface area contributed by atoms with Crippen LogP contribution in [0.2, 0.25) is 0 Å². The van der Waals surface area contributed by atoms with Gasteiger partial charge < -0.3 is 10.2 Å². The maximum atomic E-state index is 10.8. The van der Waals surface area contributed by atoms with E-state index in [1.54, 1.807) is 0 Å². The standard InChI is InChI=1S/C16H30O4/c1-3-13(15(17)18)11-9-7-5-6-8-10-12-14(4-2)16(19)20/h13-14H,3-12H2,1-2H3,(H,17,18)(H,19,20). The zero-order valence-electron chi connectivity index (χ0n) is 12.9. The SMILES string of the molecule is CCC(CCCCCCCCC(CC)C(=O)O)C(=O)O. The summed E-state index contributed by atoms with van der Waals surface area (Å²) in [7, 11) is 0. The Morgan fingerprint density at radius 2 is 1.00 bits per heavy atom. The molecular weight excluding hydrogens is 256 g/mol. The lowest BCUT2D eigenvalue weighted by molar-refractivity contribution is -0.143. The molecule has 0 aliphatic carbocycles. The molecule has 0 bridgehead atoms. The minimum atomic E-state index is -0.674. The highest BCUT2D eigenvalue weighted by Crippen LogP contribution is 2.17. The van der Waals surface area contributed by atoms with Gasteiger partial charge >= 0.3 is 11.9 Å². The normalized spacial score (nSPS) is 13.9. The molecule has 4 heteroatoms. The number of hydrogen-bond donors (Lipinski definition) is 2. The summed E-state index contributed by atoms with van der Waals surface area (Å²) >= 11 is 0. The Hall–Kier alpha value is -1.06. The Labute approximate surface area is 122 Å². The minimum Gasteiger partial charge on any atom is -0.481 e. The zero-order chi connectivity index (χ0) is 15.4. The van der Waals surface area contributed by atoms with Gasteiger partial charge in [-0.05, 0) is 25.7 Å². The molecule has 118 valence electrons. The fourth-order valence-corrected chi connectivity index (χ4v) is 2.49. The van der Waals surface area contributed by atoms with E-state index < -0.39 is 11.9 Å². The maximum Gasteiger partial charge on any atom is 0.306 e. The summed E-state index contributed by atoms with van der Waals surface area (Å²) in [5.41, 5.74) is 0. The van der Waals surface area contributed by atoms with Crippen molar-refractivity contribution in [2.24, 2.45) is 11.8 Å². The quantitative estimate of drug-likeness (QED) is 0.494. The van der Waals surface area contributed by atoms with Gasteiger partial charge in [-0.15, -0.1) is 0 Å². The van der Waals surface area contributed by atoms with E-state index in [2.05, 4.69) is 0 Å². The summed E-state index contributed by atoms with van der Waals surface area (Å²) in [5.74, 6) is -1.72. The molecule has 0 saturated heterocycles. The van der Waals surface area contributed by atoms with Crippen molar-refractivity contribution in [1.82, 2.24) is 0 Å².